The van der Waals surface area contributed by atoms with Crippen molar-refractivity contribution in [1.82, 2.24) is 10.7 Å². The summed E-state index contributed by atoms with van der Waals surface area (Å²) in [6.45, 7) is 0.440. The summed E-state index contributed by atoms with van der Waals surface area (Å²) in [7, 11) is 0. The minimum atomic E-state index is -0.274. The topological polar surface area (TPSA) is 79.5 Å². The second-order valence-electron chi connectivity index (χ2n) is 2.97. The Morgan fingerprint density at radius 3 is 2.57 bits per heavy atom. The van der Waals surface area contributed by atoms with E-state index in [0.717, 1.165) is 11.3 Å². The first-order valence-electron chi connectivity index (χ1n) is 4.22. The molecule has 0 saturated carbocycles. The van der Waals surface area contributed by atoms with Crippen molar-refractivity contribution < 1.29 is 4.79 Å². The lowest BCUT2D eigenvalue weighted by atomic mass is 10.1. The molecule has 0 aromatic heterocycles. The molecule has 0 atom stereocenters. The van der Waals surface area contributed by atoms with Crippen LogP contribution in [0.3, 0.4) is 0 Å². The van der Waals surface area contributed by atoms with Crippen LogP contribution >= 0.6 is 0 Å². The van der Waals surface area contributed by atoms with E-state index in [2.05, 4.69) is 15.8 Å². The lowest BCUT2D eigenvalue weighted by molar-refractivity contribution is 0.241. The van der Waals surface area contributed by atoms with Gasteiger partial charge >= 0.3 is 6.03 Å². The predicted octanol–water partition coefficient (Wildman–Crippen LogP) is 0.286. The number of rotatable bonds is 1. The third kappa shape index (κ3) is 1.66. The fourth-order valence-electron chi connectivity index (χ4n) is 1.20. The molecule has 1 heterocycles. The van der Waals surface area contributed by atoms with Crippen LogP contribution in [0.1, 0.15) is 5.56 Å². The van der Waals surface area contributed by atoms with E-state index in [9.17, 15) is 4.79 Å². The molecule has 0 spiro atoms. The van der Waals surface area contributed by atoms with E-state index < -0.39 is 0 Å². The van der Waals surface area contributed by atoms with E-state index in [0.29, 0.717) is 12.2 Å². The first-order valence-corrected chi connectivity index (χ1v) is 4.22. The van der Waals surface area contributed by atoms with Crippen molar-refractivity contribution in [3.8, 4) is 0 Å². The van der Waals surface area contributed by atoms with Crippen LogP contribution < -0.4 is 16.5 Å². The van der Waals surface area contributed by atoms with E-state index in [1.54, 1.807) is 12.1 Å². The van der Waals surface area contributed by atoms with Crippen molar-refractivity contribution in [2.45, 2.75) is 0 Å². The van der Waals surface area contributed by atoms with Crippen molar-refractivity contribution in [1.29, 1.82) is 0 Å². The molecule has 4 N–H and O–H groups in total. The first kappa shape index (κ1) is 8.55. The number of benzene rings is 1. The van der Waals surface area contributed by atoms with Gasteiger partial charge in [-0.15, -0.1) is 0 Å². The number of nitrogens with one attached hydrogen (secondary N) is 2. The number of carbonyl (C=O) groups excluding carboxylic acids is 1. The normalized spacial score (nSPS) is 15.4. The molecule has 1 aromatic rings. The van der Waals surface area contributed by atoms with Gasteiger partial charge in [0.15, 0.2) is 0 Å². The molecule has 1 aromatic carbocycles. The molecule has 0 radical (unpaired) electrons. The Morgan fingerprint density at radius 2 is 2.00 bits per heavy atom. The molecule has 0 unspecified atom stereocenters. The number of hydrogen-bond acceptors (Lipinski definition) is 3. The van der Waals surface area contributed by atoms with Crippen molar-refractivity contribution >= 4 is 17.4 Å². The molecule has 14 heavy (non-hydrogen) atoms. The van der Waals surface area contributed by atoms with Crippen LogP contribution in [-0.2, 0) is 0 Å². The Bertz CT molecular complexity index is 382. The largest absolute Gasteiger partial charge is 0.399 e. The number of carbonyl (C=O) groups is 1. The zero-order valence-electron chi connectivity index (χ0n) is 7.45. The van der Waals surface area contributed by atoms with Crippen molar-refractivity contribution in [2.75, 3.05) is 12.3 Å². The van der Waals surface area contributed by atoms with Gasteiger partial charge in [-0.3, -0.25) is 0 Å². The lowest BCUT2D eigenvalue weighted by Gasteiger charge is -2.13. The summed E-state index contributed by atoms with van der Waals surface area (Å²) in [5, 5.41) is 6.56. The average molecular weight is 190 g/mol. The molecule has 72 valence electrons. The Balaban J connectivity index is 2.23. The van der Waals surface area contributed by atoms with E-state index in [-0.39, 0.29) is 6.03 Å². The van der Waals surface area contributed by atoms with E-state index in [1.807, 2.05) is 12.1 Å². The molecular weight excluding hydrogens is 180 g/mol. The zero-order chi connectivity index (χ0) is 9.97. The quantitative estimate of drug-likeness (QED) is 0.556. The van der Waals surface area contributed by atoms with Gasteiger partial charge in [-0.25, -0.2) is 10.2 Å². The van der Waals surface area contributed by atoms with Crippen molar-refractivity contribution in [3.05, 3.63) is 29.8 Å². The molecule has 5 nitrogen and oxygen atoms in total. The van der Waals surface area contributed by atoms with Gasteiger partial charge in [-0.05, 0) is 17.7 Å². The summed E-state index contributed by atoms with van der Waals surface area (Å²) >= 11 is 0. The lowest BCUT2D eigenvalue weighted by Crippen LogP contribution is -2.42. The zero-order valence-corrected chi connectivity index (χ0v) is 7.45. The van der Waals surface area contributed by atoms with Gasteiger partial charge in [-0.1, -0.05) is 12.1 Å². The number of amides is 2. The highest BCUT2D eigenvalue weighted by atomic mass is 16.2. The Kier molecular flexibility index (Phi) is 2.06. The summed E-state index contributed by atoms with van der Waals surface area (Å²) < 4.78 is 0. The fraction of sp³-hybridized carbons (Fsp3) is 0.111. The standard InChI is InChI=1S/C9H10N4O/c10-7-3-1-6(2-4-7)8-5-11-9(14)13-12-8/h1-4H,5,10H2,(H2,11,13,14). The summed E-state index contributed by atoms with van der Waals surface area (Å²) in [6.07, 6.45) is 0. The second-order valence-corrected chi connectivity index (χ2v) is 2.97. The second kappa shape index (κ2) is 3.37. The molecule has 5 heteroatoms. The number of nitrogen functional groups attached to an aromatic ring is 1. The Labute approximate surface area is 81.0 Å². The molecule has 0 aliphatic carbocycles. The summed E-state index contributed by atoms with van der Waals surface area (Å²) in [6, 6.07) is 7.06. The van der Waals surface area contributed by atoms with Crippen LogP contribution in [0.2, 0.25) is 0 Å². The van der Waals surface area contributed by atoms with Gasteiger partial charge in [0.2, 0.25) is 0 Å². The molecule has 0 bridgehead atoms. The summed E-state index contributed by atoms with van der Waals surface area (Å²) in [4.78, 5) is 10.7. The monoisotopic (exact) mass is 190 g/mol. The fourth-order valence-corrected chi connectivity index (χ4v) is 1.20. The Hall–Kier alpha value is -2.04. The minimum absolute atomic E-state index is 0.274. The maximum Gasteiger partial charge on any atom is 0.335 e. The molecule has 2 rings (SSSR count). The Morgan fingerprint density at radius 1 is 1.29 bits per heavy atom. The van der Waals surface area contributed by atoms with Gasteiger partial charge in [-0.2, -0.15) is 5.10 Å². The SMILES string of the molecule is Nc1ccc(C2=NNC(=O)NC2)cc1. The molecular formula is C9H10N4O. The number of urea groups is 1. The number of nitrogens with zero attached hydrogens (tertiary/aromatic N) is 1. The molecule has 1 aliphatic heterocycles. The van der Waals surface area contributed by atoms with E-state index >= 15 is 0 Å². The van der Waals surface area contributed by atoms with Crippen LogP contribution in [0.15, 0.2) is 29.4 Å². The maximum absolute atomic E-state index is 10.7. The van der Waals surface area contributed by atoms with Crippen LogP contribution in [0.25, 0.3) is 0 Å². The van der Waals surface area contributed by atoms with Crippen LogP contribution in [-0.4, -0.2) is 18.3 Å². The number of hydrazone groups is 1. The van der Waals surface area contributed by atoms with Gasteiger partial charge in [0.25, 0.3) is 0 Å². The van der Waals surface area contributed by atoms with Crippen LogP contribution in [0.5, 0.6) is 0 Å². The van der Waals surface area contributed by atoms with Gasteiger partial charge in [0, 0.05) is 5.69 Å². The van der Waals surface area contributed by atoms with Crippen molar-refractivity contribution in [2.24, 2.45) is 5.10 Å². The minimum Gasteiger partial charge on any atom is -0.399 e. The highest BCUT2D eigenvalue weighted by Crippen LogP contribution is 2.07. The smallest absolute Gasteiger partial charge is 0.335 e. The molecule has 1 aliphatic rings. The van der Waals surface area contributed by atoms with E-state index in [1.165, 1.54) is 0 Å². The predicted molar refractivity (Wildman–Crippen MR) is 53.9 cm³/mol. The summed E-state index contributed by atoms with van der Waals surface area (Å²) in [5.41, 5.74) is 10.4. The van der Waals surface area contributed by atoms with Crippen LogP contribution in [0, 0.1) is 0 Å². The molecule has 0 fully saturated rings. The third-order valence-electron chi connectivity index (χ3n) is 1.95. The first-order chi connectivity index (χ1) is 6.75. The van der Waals surface area contributed by atoms with Gasteiger partial charge in [0.05, 0.1) is 12.3 Å². The van der Waals surface area contributed by atoms with Crippen molar-refractivity contribution in [3.63, 3.8) is 0 Å². The van der Waals surface area contributed by atoms with Gasteiger partial charge < -0.3 is 11.1 Å². The summed E-state index contributed by atoms with van der Waals surface area (Å²) in [5.74, 6) is 0. The molecule has 0 saturated heterocycles. The third-order valence-corrected chi connectivity index (χ3v) is 1.95. The highest BCUT2D eigenvalue weighted by Gasteiger charge is 2.11. The average Bonchev–Trinajstić information content (AvgIpc) is 2.21. The van der Waals surface area contributed by atoms with E-state index in [4.69, 9.17) is 5.73 Å². The molecule has 2 amide bonds. The number of hydrogen-bond donors (Lipinski definition) is 3. The highest BCUT2D eigenvalue weighted by molar-refractivity contribution is 6.05. The van der Waals surface area contributed by atoms with Gasteiger partial charge in [0.1, 0.15) is 0 Å². The maximum atomic E-state index is 10.7. The number of anilines is 1. The number of nitrogens with two attached hydrogens (primary N) is 1. The van der Waals surface area contributed by atoms with Crippen LogP contribution in [0.4, 0.5) is 10.5 Å².